The van der Waals surface area contributed by atoms with Crippen LogP contribution in [-0.2, 0) is 0 Å². The fourth-order valence-corrected chi connectivity index (χ4v) is 2.87. The molecule has 0 spiro atoms. The van der Waals surface area contributed by atoms with Crippen molar-refractivity contribution in [2.75, 3.05) is 12.4 Å². The average molecular weight is 340 g/mol. The Morgan fingerprint density at radius 2 is 1.71 bits per heavy atom. The van der Waals surface area contributed by atoms with Gasteiger partial charge in [-0.1, -0.05) is 32.1 Å². The minimum atomic E-state index is 0.0216. The molecule has 0 fully saturated rings. The quantitative estimate of drug-likeness (QED) is 0.324. The SMILES string of the molecule is CCCOc1ccc(C=CC(=O)c2ccc(SCCC)cc2)cc1. The number of hydrogen-bond acceptors (Lipinski definition) is 3. The summed E-state index contributed by atoms with van der Waals surface area (Å²) in [5.74, 6) is 1.99. The van der Waals surface area contributed by atoms with E-state index in [9.17, 15) is 4.79 Å². The van der Waals surface area contributed by atoms with Gasteiger partial charge in [0.2, 0.25) is 0 Å². The molecule has 2 aromatic rings. The Hall–Kier alpha value is -2.00. The average Bonchev–Trinajstić information content (AvgIpc) is 2.64. The van der Waals surface area contributed by atoms with Crippen LogP contribution in [0.3, 0.4) is 0 Å². The van der Waals surface area contributed by atoms with Gasteiger partial charge in [-0.3, -0.25) is 4.79 Å². The second-order valence-corrected chi connectivity index (χ2v) is 6.66. The van der Waals surface area contributed by atoms with Crippen molar-refractivity contribution in [1.82, 2.24) is 0 Å². The molecule has 24 heavy (non-hydrogen) atoms. The third kappa shape index (κ3) is 5.89. The zero-order valence-electron chi connectivity index (χ0n) is 14.3. The van der Waals surface area contributed by atoms with E-state index >= 15 is 0 Å². The molecule has 0 atom stereocenters. The summed E-state index contributed by atoms with van der Waals surface area (Å²) in [5, 5.41) is 0. The molecule has 0 aliphatic carbocycles. The van der Waals surface area contributed by atoms with Crippen molar-refractivity contribution in [1.29, 1.82) is 0 Å². The molecule has 2 aromatic carbocycles. The molecule has 2 rings (SSSR count). The van der Waals surface area contributed by atoms with Crippen molar-refractivity contribution in [2.24, 2.45) is 0 Å². The van der Waals surface area contributed by atoms with Gasteiger partial charge in [-0.2, -0.15) is 0 Å². The molecule has 3 heteroatoms. The summed E-state index contributed by atoms with van der Waals surface area (Å²) in [6, 6.07) is 15.6. The maximum absolute atomic E-state index is 12.2. The van der Waals surface area contributed by atoms with Gasteiger partial charge in [-0.15, -0.1) is 11.8 Å². The molecule has 0 unspecified atom stereocenters. The predicted molar refractivity (Wildman–Crippen MR) is 103 cm³/mol. The van der Waals surface area contributed by atoms with E-state index in [0.29, 0.717) is 0 Å². The second kappa shape index (κ2) is 9.99. The first-order chi connectivity index (χ1) is 11.7. The smallest absolute Gasteiger partial charge is 0.185 e. The number of thioether (sulfide) groups is 1. The first kappa shape index (κ1) is 18.3. The fraction of sp³-hybridized carbons (Fsp3) is 0.286. The standard InChI is InChI=1S/C21H24O2S/c1-3-15-23-19-10-5-17(6-11-19)7-14-21(22)18-8-12-20(13-9-18)24-16-4-2/h5-14H,3-4,15-16H2,1-2H3. The highest BCUT2D eigenvalue weighted by Crippen LogP contribution is 2.19. The Kier molecular flexibility index (Phi) is 7.63. The summed E-state index contributed by atoms with van der Waals surface area (Å²) in [6.07, 6.45) is 5.60. The molecule has 0 radical (unpaired) electrons. The van der Waals surface area contributed by atoms with Gasteiger partial charge in [0, 0.05) is 10.5 Å². The van der Waals surface area contributed by atoms with Crippen molar-refractivity contribution in [3.63, 3.8) is 0 Å². The van der Waals surface area contributed by atoms with Crippen molar-refractivity contribution < 1.29 is 9.53 Å². The van der Waals surface area contributed by atoms with Gasteiger partial charge in [0.05, 0.1) is 6.61 Å². The van der Waals surface area contributed by atoms with E-state index in [1.54, 1.807) is 6.08 Å². The zero-order valence-corrected chi connectivity index (χ0v) is 15.1. The Bertz CT molecular complexity index is 657. The van der Waals surface area contributed by atoms with Crippen molar-refractivity contribution in [3.05, 3.63) is 65.7 Å². The van der Waals surface area contributed by atoms with Gasteiger partial charge in [0.1, 0.15) is 5.75 Å². The molecule has 0 aliphatic rings. The molecule has 2 nitrogen and oxygen atoms in total. The van der Waals surface area contributed by atoms with Crippen molar-refractivity contribution >= 4 is 23.6 Å². The van der Waals surface area contributed by atoms with E-state index in [1.165, 1.54) is 4.90 Å². The molecule has 0 bridgehead atoms. The summed E-state index contributed by atoms with van der Waals surface area (Å²) in [6.45, 7) is 4.97. The van der Waals surface area contributed by atoms with E-state index in [0.717, 1.165) is 42.1 Å². The Labute approximate surface area is 148 Å². The molecule has 0 saturated carbocycles. The van der Waals surface area contributed by atoms with Crippen LogP contribution in [0.2, 0.25) is 0 Å². The molecule has 0 aromatic heterocycles. The highest BCUT2D eigenvalue weighted by Gasteiger charge is 2.02. The van der Waals surface area contributed by atoms with Crippen molar-refractivity contribution in [3.8, 4) is 5.75 Å². The maximum atomic E-state index is 12.2. The number of ketones is 1. The van der Waals surface area contributed by atoms with Crippen LogP contribution in [0.5, 0.6) is 5.75 Å². The lowest BCUT2D eigenvalue weighted by molar-refractivity contribution is 0.104. The van der Waals surface area contributed by atoms with Crippen LogP contribution in [0.15, 0.2) is 59.5 Å². The third-order valence-corrected chi connectivity index (χ3v) is 4.61. The first-order valence-corrected chi connectivity index (χ1v) is 9.39. The number of benzene rings is 2. The molecule has 126 valence electrons. The largest absolute Gasteiger partial charge is 0.494 e. The highest BCUT2D eigenvalue weighted by atomic mass is 32.2. The summed E-state index contributed by atoms with van der Waals surface area (Å²) >= 11 is 1.82. The first-order valence-electron chi connectivity index (χ1n) is 8.41. The number of allylic oxidation sites excluding steroid dienone is 1. The van der Waals surface area contributed by atoms with E-state index in [1.807, 2.05) is 66.4 Å². The Morgan fingerprint density at radius 3 is 2.33 bits per heavy atom. The minimum Gasteiger partial charge on any atom is -0.494 e. The molecule has 0 saturated heterocycles. The molecule has 0 amide bonds. The Balaban J connectivity index is 1.94. The van der Waals surface area contributed by atoms with Crippen LogP contribution in [0.4, 0.5) is 0 Å². The molecule has 0 aliphatic heterocycles. The van der Waals surface area contributed by atoms with E-state index in [-0.39, 0.29) is 5.78 Å². The number of carbonyl (C=O) groups excluding carboxylic acids is 1. The van der Waals surface area contributed by atoms with Crippen LogP contribution < -0.4 is 4.74 Å². The fourth-order valence-electron chi connectivity index (χ4n) is 2.10. The summed E-state index contributed by atoms with van der Waals surface area (Å²) in [5.41, 5.74) is 1.71. The van der Waals surface area contributed by atoms with Gasteiger partial charge in [-0.25, -0.2) is 0 Å². The van der Waals surface area contributed by atoms with Crippen LogP contribution in [0.1, 0.15) is 42.6 Å². The number of hydrogen-bond donors (Lipinski definition) is 0. The summed E-state index contributed by atoms with van der Waals surface area (Å²) < 4.78 is 5.55. The predicted octanol–water partition coefficient (Wildman–Crippen LogP) is 5.87. The number of ether oxygens (including phenoxy) is 1. The lowest BCUT2D eigenvalue weighted by Gasteiger charge is -2.04. The van der Waals surface area contributed by atoms with Gasteiger partial charge >= 0.3 is 0 Å². The molecular formula is C21H24O2S. The zero-order chi connectivity index (χ0) is 17.2. The second-order valence-electron chi connectivity index (χ2n) is 5.49. The maximum Gasteiger partial charge on any atom is 0.185 e. The van der Waals surface area contributed by atoms with Crippen LogP contribution in [0.25, 0.3) is 6.08 Å². The van der Waals surface area contributed by atoms with Gasteiger partial charge in [0.15, 0.2) is 5.78 Å². The van der Waals surface area contributed by atoms with E-state index < -0.39 is 0 Å². The third-order valence-electron chi connectivity index (χ3n) is 3.39. The summed E-state index contributed by atoms with van der Waals surface area (Å²) in [7, 11) is 0. The van der Waals surface area contributed by atoms with Gasteiger partial charge in [-0.05, 0) is 66.6 Å². The molecular weight excluding hydrogens is 316 g/mol. The number of rotatable bonds is 9. The Morgan fingerprint density at radius 1 is 1.00 bits per heavy atom. The lowest BCUT2D eigenvalue weighted by Crippen LogP contribution is -1.95. The number of carbonyl (C=O) groups is 1. The topological polar surface area (TPSA) is 26.3 Å². The van der Waals surface area contributed by atoms with E-state index in [2.05, 4.69) is 13.8 Å². The molecule has 0 N–H and O–H groups in total. The highest BCUT2D eigenvalue weighted by molar-refractivity contribution is 7.99. The molecule has 0 heterocycles. The van der Waals surface area contributed by atoms with Gasteiger partial charge < -0.3 is 4.74 Å². The normalized spacial score (nSPS) is 10.9. The monoisotopic (exact) mass is 340 g/mol. The van der Waals surface area contributed by atoms with Crippen LogP contribution in [-0.4, -0.2) is 18.1 Å². The lowest BCUT2D eigenvalue weighted by atomic mass is 10.1. The van der Waals surface area contributed by atoms with Gasteiger partial charge in [0.25, 0.3) is 0 Å². The van der Waals surface area contributed by atoms with Crippen LogP contribution >= 0.6 is 11.8 Å². The van der Waals surface area contributed by atoms with Crippen LogP contribution in [0, 0.1) is 0 Å². The van der Waals surface area contributed by atoms with E-state index in [4.69, 9.17) is 4.74 Å². The van der Waals surface area contributed by atoms with Crippen molar-refractivity contribution in [2.45, 2.75) is 31.6 Å². The minimum absolute atomic E-state index is 0.0216. The summed E-state index contributed by atoms with van der Waals surface area (Å²) in [4.78, 5) is 13.4.